The SMILES string of the molecule is C=C(C)CCC(O)C1CCC(F)(F)CC1. The Morgan fingerprint density at radius 3 is 2.47 bits per heavy atom. The summed E-state index contributed by atoms with van der Waals surface area (Å²) in [5.74, 6) is -2.44. The number of alkyl halides is 2. The lowest BCUT2D eigenvalue weighted by Gasteiger charge is -2.31. The van der Waals surface area contributed by atoms with Crippen LogP contribution in [0, 0.1) is 5.92 Å². The van der Waals surface area contributed by atoms with Gasteiger partial charge in [-0.2, -0.15) is 0 Å². The number of aliphatic hydroxyl groups excluding tert-OH is 1. The summed E-state index contributed by atoms with van der Waals surface area (Å²) in [4.78, 5) is 0. The van der Waals surface area contributed by atoms with Gasteiger partial charge in [0.15, 0.2) is 0 Å². The Bertz CT molecular complexity index is 216. The van der Waals surface area contributed by atoms with Crippen LogP contribution in [0.2, 0.25) is 0 Å². The highest BCUT2D eigenvalue weighted by Gasteiger charge is 2.36. The minimum Gasteiger partial charge on any atom is -0.393 e. The van der Waals surface area contributed by atoms with E-state index in [1.165, 1.54) is 0 Å². The maximum Gasteiger partial charge on any atom is 0.248 e. The third-order valence-electron chi connectivity index (χ3n) is 3.17. The van der Waals surface area contributed by atoms with Gasteiger partial charge in [-0.25, -0.2) is 8.78 Å². The molecule has 15 heavy (non-hydrogen) atoms. The number of halogens is 2. The summed E-state index contributed by atoms with van der Waals surface area (Å²) in [5, 5.41) is 9.81. The Hall–Kier alpha value is -0.440. The van der Waals surface area contributed by atoms with E-state index in [1.54, 1.807) is 0 Å². The van der Waals surface area contributed by atoms with E-state index < -0.39 is 12.0 Å². The molecule has 1 saturated carbocycles. The summed E-state index contributed by atoms with van der Waals surface area (Å²) in [6, 6.07) is 0. The van der Waals surface area contributed by atoms with Gasteiger partial charge in [-0.15, -0.1) is 6.58 Å². The standard InChI is InChI=1S/C12H20F2O/c1-9(2)3-4-11(15)10-5-7-12(13,14)8-6-10/h10-11,15H,1,3-8H2,2H3. The Labute approximate surface area is 90.2 Å². The summed E-state index contributed by atoms with van der Waals surface area (Å²) >= 11 is 0. The molecule has 0 saturated heterocycles. The van der Waals surface area contributed by atoms with Gasteiger partial charge < -0.3 is 5.11 Å². The van der Waals surface area contributed by atoms with Crippen LogP contribution in [0.3, 0.4) is 0 Å². The molecule has 1 atom stereocenters. The van der Waals surface area contributed by atoms with Crippen LogP contribution >= 0.6 is 0 Å². The van der Waals surface area contributed by atoms with Gasteiger partial charge in [-0.1, -0.05) is 5.57 Å². The monoisotopic (exact) mass is 218 g/mol. The van der Waals surface area contributed by atoms with Gasteiger partial charge >= 0.3 is 0 Å². The zero-order chi connectivity index (χ0) is 11.5. The number of allylic oxidation sites excluding steroid dienone is 1. The van der Waals surface area contributed by atoms with Crippen LogP contribution in [0.1, 0.15) is 45.4 Å². The first-order chi connectivity index (χ1) is 6.91. The molecular formula is C12H20F2O. The average Bonchev–Trinajstić information content (AvgIpc) is 2.14. The van der Waals surface area contributed by atoms with E-state index in [0.717, 1.165) is 12.0 Å². The van der Waals surface area contributed by atoms with E-state index in [0.29, 0.717) is 19.3 Å². The van der Waals surface area contributed by atoms with E-state index in [2.05, 4.69) is 6.58 Å². The topological polar surface area (TPSA) is 20.2 Å². The molecule has 1 aliphatic carbocycles. The lowest BCUT2D eigenvalue weighted by Crippen LogP contribution is -2.31. The quantitative estimate of drug-likeness (QED) is 0.716. The zero-order valence-corrected chi connectivity index (χ0v) is 9.31. The molecule has 0 aromatic heterocycles. The van der Waals surface area contributed by atoms with Crippen molar-refractivity contribution in [3.05, 3.63) is 12.2 Å². The highest BCUT2D eigenvalue weighted by atomic mass is 19.3. The zero-order valence-electron chi connectivity index (χ0n) is 9.31. The van der Waals surface area contributed by atoms with Crippen LogP contribution in [0.15, 0.2) is 12.2 Å². The largest absolute Gasteiger partial charge is 0.393 e. The van der Waals surface area contributed by atoms with Gasteiger partial charge in [0, 0.05) is 12.8 Å². The van der Waals surface area contributed by atoms with Crippen molar-refractivity contribution >= 4 is 0 Å². The number of aliphatic hydroxyl groups is 1. The molecule has 1 fully saturated rings. The van der Waals surface area contributed by atoms with Gasteiger partial charge in [0.1, 0.15) is 0 Å². The fourth-order valence-electron chi connectivity index (χ4n) is 2.08. The maximum atomic E-state index is 12.9. The van der Waals surface area contributed by atoms with Crippen LogP contribution in [-0.2, 0) is 0 Å². The molecule has 0 aliphatic heterocycles. The molecule has 1 unspecified atom stereocenters. The van der Waals surface area contributed by atoms with Crippen molar-refractivity contribution in [1.29, 1.82) is 0 Å². The fourth-order valence-corrected chi connectivity index (χ4v) is 2.08. The first-order valence-electron chi connectivity index (χ1n) is 5.61. The van der Waals surface area contributed by atoms with Crippen molar-refractivity contribution in [3.63, 3.8) is 0 Å². The summed E-state index contributed by atoms with van der Waals surface area (Å²) in [7, 11) is 0. The third-order valence-corrected chi connectivity index (χ3v) is 3.17. The van der Waals surface area contributed by atoms with Crippen LogP contribution in [0.25, 0.3) is 0 Å². The first-order valence-corrected chi connectivity index (χ1v) is 5.61. The number of hydrogen-bond donors (Lipinski definition) is 1. The maximum absolute atomic E-state index is 12.9. The fraction of sp³-hybridized carbons (Fsp3) is 0.833. The van der Waals surface area contributed by atoms with E-state index in [-0.39, 0.29) is 18.8 Å². The Morgan fingerprint density at radius 2 is 2.00 bits per heavy atom. The Kier molecular flexibility index (Phi) is 4.26. The smallest absolute Gasteiger partial charge is 0.248 e. The van der Waals surface area contributed by atoms with Crippen molar-refractivity contribution in [3.8, 4) is 0 Å². The average molecular weight is 218 g/mol. The minimum absolute atomic E-state index is 0.0592. The van der Waals surface area contributed by atoms with Gasteiger partial charge in [-0.05, 0) is 38.5 Å². The van der Waals surface area contributed by atoms with Gasteiger partial charge in [-0.3, -0.25) is 0 Å². The highest BCUT2D eigenvalue weighted by Crippen LogP contribution is 2.38. The number of rotatable bonds is 4. The lowest BCUT2D eigenvalue weighted by molar-refractivity contribution is -0.0629. The third kappa shape index (κ3) is 4.29. The molecule has 3 heteroatoms. The summed E-state index contributed by atoms with van der Waals surface area (Å²) in [5.41, 5.74) is 1.04. The molecule has 1 N–H and O–H groups in total. The van der Waals surface area contributed by atoms with E-state index in [1.807, 2.05) is 6.92 Å². The van der Waals surface area contributed by atoms with Crippen molar-refractivity contribution in [2.75, 3.05) is 0 Å². The summed E-state index contributed by atoms with van der Waals surface area (Å²) in [6.45, 7) is 5.68. The minimum atomic E-state index is -2.50. The first kappa shape index (κ1) is 12.6. The van der Waals surface area contributed by atoms with Crippen molar-refractivity contribution < 1.29 is 13.9 Å². The highest BCUT2D eigenvalue weighted by molar-refractivity contribution is 4.90. The molecule has 0 spiro atoms. The molecule has 0 aromatic carbocycles. The molecule has 1 aliphatic rings. The van der Waals surface area contributed by atoms with Crippen LogP contribution < -0.4 is 0 Å². The molecule has 0 aromatic rings. The molecular weight excluding hydrogens is 198 g/mol. The summed E-state index contributed by atoms with van der Waals surface area (Å²) < 4.78 is 25.7. The van der Waals surface area contributed by atoms with Crippen LogP contribution in [0.4, 0.5) is 8.78 Å². The molecule has 0 radical (unpaired) electrons. The second-order valence-corrected chi connectivity index (χ2v) is 4.76. The van der Waals surface area contributed by atoms with Crippen molar-refractivity contribution in [2.45, 2.75) is 57.5 Å². The Morgan fingerprint density at radius 1 is 1.47 bits per heavy atom. The Balaban J connectivity index is 2.30. The molecule has 1 nitrogen and oxygen atoms in total. The molecule has 1 rings (SSSR count). The predicted molar refractivity (Wildman–Crippen MR) is 57.0 cm³/mol. The van der Waals surface area contributed by atoms with E-state index in [9.17, 15) is 13.9 Å². The van der Waals surface area contributed by atoms with Gasteiger partial charge in [0.05, 0.1) is 6.10 Å². The lowest BCUT2D eigenvalue weighted by atomic mass is 9.82. The molecule has 88 valence electrons. The molecule has 0 bridgehead atoms. The van der Waals surface area contributed by atoms with Crippen LogP contribution in [0.5, 0.6) is 0 Å². The van der Waals surface area contributed by atoms with Gasteiger partial charge in [0.25, 0.3) is 0 Å². The van der Waals surface area contributed by atoms with Crippen molar-refractivity contribution in [1.82, 2.24) is 0 Å². The second kappa shape index (κ2) is 5.06. The van der Waals surface area contributed by atoms with Crippen LogP contribution in [-0.4, -0.2) is 17.1 Å². The molecule has 0 amide bonds. The number of hydrogen-bond acceptors (Lipinski definition) is 1. The van der Waals surface area contributed by atoms with E-state index >= 15 is 0 Å². The normalized spacial score (nSPS) is 23.7. The molecule has 0 heterocycles. The van der Waals surface area contributed by atoms with Crippen molar-refractivity contribution in [2.24, 2.45) is 5.92 Å². The summed E-state index contributed by atoms with van der Waals surface area (Å²) in [6.07, 6.45) is 1.77. The van der Waals surface area contributed by atoms with Gasteiger partial charge in [0.2, 0.25) is 5.92 Å². The van der Waals surface area contributed by atoms with E-state index in [4.69, 9.17) is 0 Å². The predicted octanol–water partition coefficient (Wildman–Crippen LogP) is 3.53. The second-order valence-electron chi connectivity index (χ2n) is 4.76.